The second kappa shape index (κ2) is 5.45. The number of hydrogen-bond acceptors (Lipinski definition) is 3. The third kappa shape index (κ3) is 2.33. The molecule has 0 aliphatic carbocycles. The maximum atomic E-state index is 13.6. The molecule has 0 unspecified atom stereocenters. The standard InChI is InChI=1S/C18H12ClN2OP/c19-23(22,17-9-1-7-15-13(17)5-3-11-20-15)18-10-2-8-16-14(18)6-4-12-21-16/h1-12H. The van der Waals surface area contributed by atoms with Crippen molar-refractivity contribution in [2.75, 3.05) is 0 Å². The number of hydrogen-bond donors (Lipinski definition) is 0. The summed E-state index contributed by atoms with van der Waals surface area (Å²) in [6.45, 7) is -3.30. The zero-order valence-corrected chi connectivity index (χ0v) is 13.7. The normalized spacial score (nSPS) is 11.9. The fourth-order valence-corrected chi connectivity index (χ4v) is 5.50. The SMILES string of the molecule is O=P(Cl)(c1cccc2ncccc12)c1cccc2ncccc12. The van der Waals surface area contributed by atoms with Gasteiger partial charge in [-0.1, -0.05) is 24.3 Å². The first-order valence-corrected chi connectivity index (χ1v) is 9.77. The molecule has 0 bridgehead atoms. The Morgan fingerprint density at radius 3 is 1.65 bits per heavy atom. The van der Waals surface area contributed by atoms with Crippen LogP contribution in [0.3, 0.4) is 0 Å². The van der Waals surface area contributed by atoms with Crippen molar-refractivity contribution >= 4 is 50.2 Å². The van der Waals surface area contributed by atoms with Crippen LogP contribution in [0.25, 0.3) is 21.8 Å². The van der Waals surface area contributed by atoms with E-state index in [0.717, 1.165) is 21.8 Å². The van der Waals surface area contributed by atoms with Gasteiger partial charge in [0.05, 0.1) is 11.0 Å². The van der Waals surface area contributed by atoms with Crippen molar-refractivity contribution in [2.45, 2.75) is 0 Å². The monoisotopic (exact) mass is 338 g/mol. The Hall–Kier alpha value is -2.22. The molecule has 4 rings (SSSR count). The van der Waals surface area contributed by atoms with Crippen LogP contribution >= 0.6 is 17.7 Å². The number of benzene rings is 2. The lowest BCUT2D eigenvalue weighted by atomic mass is 10.2. The number of halogens is 1. The zero-order chi connectivity index (χ0) is 15.9. The summed E-state index contributed by atoms with van der Waals surface area (Å²) in [5.74, 6) is 0. The van der Waals surface area contributed by atoms with Crippen LogP contribution in [0.2, 0.25) is 0 Å². The Morgan fingerprint density at radius 2 is 1.17 bits per heavy atom. The molecule has 5 heteroatoms. The Morgan fingerprint density at radius 1 is 0.696 bits per heavy atom. The Bertz CT molecular complexity index is 987. The third-order valence-corrected chi connectivity index (χ3v) is 6.98. The lowest BCUT2D eigenvalue weighted by Crippen LogP contribution is -2.14. The minimum Gasteiger partial charge on any atom is -0.296 e. The molecular weight excluding hydrogens is 327 g/mol. The van der Waals surface area contributed by atoms with E-state index in [0.29, 0.717) is 10.6 Å². The predicted molar refractivity (Wildman–Crippen MR) is 96.2 cm³/mol. The highest BCUT2D eigenvalue weighted by Crippen LogP contribution is 2.51. The van der Waals surface area contributed by atoms with E-state index in [9.17, 15) is 4.57 Å². The number of rotatable bonds is 2. The number of fused-ring (bicyclic) bond motifs is 2. The Kier molecular flexibility index (Phi) is 3.41. The second-order valence-electron chi connectivity index (χ2n) is 5.23. The molecule has 0 atom stereocenters. The highest BCUT2D eigenvalue weighted by Gasteiger charge is 2.28. The summed E-state index contributed by atoms with van der Waals surface area (Å²) in [4.78, 5) is 8.64. The van der Waals surface area contributed by atoms with Crippen LogP contribution in [-0.4, -0.2) is 9.97 Å². The van der Waals surface area contributed by atoms with Crippen molar-refractivity contribution in [2.24, 2.45) is 0 Å². The van der Waals surface area contributed by atoms with Gasteiger partial charge in [-0.05, 0) is 47.6 Å². The molecule has 4 aromatic rings. The molecule has 0 aliphatic heterocycles. The number of pyridine rings is 2. The van der Waals surface area contributed by atoms with E-state index >= 15 is 0 Å². The molecular formula is C18H12ClN2OP. The van der Waals surface area contributed by atoms with Crippen LogP contribution in [0.5, 0.6) is 0 Å². The lowest BCUT2D eigenvalue weighted by molar-refractivity contribution is 0.595. The molecule has 0 radical (unpaired) electrons. The van der Waals surface area contributed by atoms with Gasteiger partial charge < -0.3 is 0 Å². The molecule has 0 amide bonds. The van der Waals surface area contributed by atoms with Gasteiger partial charge in [-0.25, -0.2) is 0 Å². The van der Waals surface area contributed by atoms with E-state index in [2.05, 4.69) is 9.97 Å². The first-order chi connectivity index (χ1) is 11.2. The largest absolute Gasteiger partial charge is 0.296 e. The van der Waals surface area contributed by atoms with E-state index in [1.807, 2.05) is 60.7 Å². The van der Waals surface area contributed by atoms with Crippen LogP contribution in [0.15, 0.2) is 73.1 Å². The van der Waals surface area contributed by atoms with Gasteiger partial charge in [-0.2, -0.15) is 0 Å². The van der Waals surface area contributed by atoms with Gasteiger partial charge in [-0.15, -0.1) is 0 Å². The summed E-state index contributed by atoms with van der Waals surface area (Å²) >= 11 is 6.64. The Labute approximate surface area is 138 Å². The summed E-state index contributed by atoms with van der Waals surface area (Å²) in [5.41, 5.74) is 1.56. The predicted octanol–water partition coefficient (Wildman–Crippen LogP) is 4.25. The molecule has 0 saturated carbocycles. The minimum absolute atomic E-state index is 0.612. The highest BCUT2D eigenvalue weighted by molar-refractivity contribution is 8.01. The van der Waals surface area contributed by atoms with E-state index in [4.69, 9.17) is 11.2 Å². The molecule has 2 aromatic heterocycles. The molecule has 2 aromatic carbocycles. The van der Waals surface area contributed by atoms with Gasteiger partial charge in [0.2, 0.25) is 6.49 Å². The summed E-state index contributed by atoms with van der Waals surface area (Å²) in [7, 11) is 0. The van der Waals surface area contributed by atoms with Crippen molar-refractivity contribution in [3.05, 3.63) is 73.1 Å². The van der Waals surface area contributed by atoms with Crippen molar-refractivity contribution in [3.63, 3.8) is 0 Å². The van der Waals surface area contributed by atoms with Crippen LogP contribution in [0.4, 0.5) is 0 Å². The van der Waals surface area contributed by atoms with Crippen molar-refractivity contribution in [1.29, 1.82) is 0 Å². The van der Waals surface area contributed by atoms with Gasteiger partial charge in [0.25, 0.3) is 0 Å². The van der Waals surface area contributed by atoms with Gasteiger partial charge in [0.1, 0.15) is 0 Å². The minimum atomic E-state index is -3.30. The quantitative estimate of drug-likeness (QED) is 0.513. The summed E-state index contributed by atoms with van der Waals surface area (Å²) < 4.78 is 13.6. The summed E-state index contributed by atoms with van der Waals surface area (Å²) in [6, 6.07) is 18.5. The zero-order valence-electron chi connectivity index (χ0n) is 12.1. The lowest BCUT2D eigenvalue weighted by Gasteiger charge is -2.15. The van der Waals surface area contributed by atoms with Gasteiger partial charge in [0, 0.05) is 33.8 Å². The van der Waals surface area contributed by atoms with Crippen molar-refractivity contribution in [3.8, 4) is 0 Å². The van der Waals surface area contributed by atoms with E-state index in [1.54, 1.807) is 12.4 Å². The average molecular weight is 339 g/mol. The Balaban J connectivity index is 2.04. The van der Waals surface area contributed by atoms with Crippen LogP contribution in [0.1, 0.15) is 0 Å². The molecule has 0 fully saturated rings. The van der Waals surface area contributed by atoms with Crippen molar-refractivity contribution in [1.82, 2.24) is 9.97 Å². The molecule has 112 valence electrons. The topological polar surface area (TPSA) is 42.9 Å². The van der Waals surface area contributed by atoms with Gasteiger partial charge >= 0.3 is 0 Å². The molecule has 23 heavy (non-hydrogen) atoms. The molecule has 0 N–H and O–H groups in total. The number of aromatic nitrogens is 2. The van der Waals surface area contributed by atoms with Crippen molar-refractivity contribution < 1.29 is 4.57 Å². The fourth-order valence-electron chi connectivity index (χ4n) is 2.81. The van der Waals surface area contributed by atoms with Crippen LogP contribution < -0.4 is 10.6 Å². The summed E-state index contributed by atoms with van der Waals surface area (Å²) in [5, 5.41) is 2.85. The van der Waals surface area contributed by atoms with Crippen LogP contribution in [-0.2, 0) is 4.57 Å². The van der Waals surface area contributed by atoms with E-state index < -0.39 is 6.49 Å². The molecule has 0 spiro atoms. The second-order valence-corrected chi connectivity index (χ2v) is 8.68. The molecule has 0 aliphatic rings. The molecule has 2 heterocycles. The number of nitrogens with zero attached hydrogens (tertiary/aromatic N) is 2. The van der Waals surface area contributed by atoms with E-state index in [1.165, 1.54) is 0 Å². The first-order valence-electron chi connectivity index (χ1n) is 7.16. The third-order valence-electron chi connectivity index (χ3n) is 3.87. The van der Waals surface area contributed by atoms with E-state index in [-0.39, 0.29) is 0 Å². The first kappa shape index (κ1) is 14.4. The smallest absolute Gasteiger partial charge is 0.227 e. The fraction of sp³-hybridized carbons (Fsp3) is 0. The summed E-state index contributed by atoms with van der Waals surface area (Å²) in [6.07, 6.45) is 3.43. The maximum absolute atomic E-state index is 13.6. The van der Waals surface area contributed by atoms with Gasteiger partial charge in [0.15, 0.2) is 0 Å². The molecule has 3 nitrogen and oxygen atoms in total. The van der Waals surface area contributed by atoms with Gasteiger partial charge in [-0.3, -0.25) is 14.5 Å². The molecule has 0 saturated heterocycles. The van der Waals surface area contributed by atoms with Crippen LogP contribution in [0, 0.1) is 0 Å². The highest BCUT2D eigenvalue weighted by atomic mass is 35.7. The average Bonchev–Trinajstić information content (AvgIpc) is 2.60. The maximum Gasteiger partial charge on any atom is 0.227 e.